The highest BCUT2D eigenvalue weighted by atomic mass is 32.1. The molecule has 106 valence electrons. The molecule has 0 saturated heterocycles. The SMILES string of the molecule is Cc1ccccc1CC(C)NC1CCCc2sccc21. The zero-order valence-electron chi connectivity index (χ0n) is 12.4. The molecule has 1 aliphatic rings. The Morgan fingerprint density at radius 3 is 3.00 bits per heavy atom. The van der Waals surface area contributed by atoms with Crippen LogP contribution in [0.15, 0.2) is 35.7 Å². The Labute approximate surface area is 126 Å². The molecule has 3 rings (SSSR count). The third kappa shape index (κ3) is 2.97. The quantitative estimate of drug-likeness (QED) is 0.862. The molecule has 2 unspecified atom stereocenters. The molecule has 2 heteroatoms. The van der Waals surface area contributed by atoms with E-state index in [0.717, 1.165) is 6.42 Å². The van der Waals surface area contributed by atoms with Crippen molar-refractivity contribution in [2.45, 2.75) is 51.6 Å². The van der Waals surface area contributed by atoms with Gasteiger partial charge in [0.15, 0.2) is 0 Å². The first-order valence-corrected chi connectivity index (χ1v) is 8.49. The zero-order valence-corrected chi connectivity index (χ0v) is 13.2. The van der Waals surface area contributed by atoms with Gasteiger partial charge in [0, 0.05) is 17.0 Å². The van der Waals surface area contributed by atoms with E-state index in [0.29, 0.717) is 12.1 Å². The minimum atomic E-state index is 0.520. The van der Waals surface area contributed by atoms with Gasteiger partial charge in [-0.1, -0.05) is 24.3 Å². The van der Waals surface area contributed by atoms with Crippen molar-refractivity contribution in [1.29, 1.82) is 0 Å². The summed E-state index contributed by atoms with van der Waals surface area (Å²) >= 11 is 1.92. The third-order valence-electron chi connectivity index (χ3n) is 4.32. The summed E-state index contributed by atoms with van der Waals surface area (Å²) in [6.07, 6.45) is 4.99. The van der Waals surface area contributed by atoms with Crippen LogP contribution in [0.1, 0.15) is 47.4 Å². The summed E-state index contributed by atoms with van der Waals surface area (Å²) in [6, 6.07) is 12.1. The van der Waals surface area contributed by atoms with E-state index in [4.69, 9.17) is 0 Å². The van der Waals surface area contributed by atoms with Crippen molar-refractivity contribution in [3.63, 3.8) is 0 Å². The highest BCUT2D eigenvalue weighted by Crippen LogP contribution is 2.33. The highest BCUT2D eigenvalue weighted by molar-refractivity contribution is 7.10. The molecule has 0 saturated carbocycles. The van der Waals surface area contributed by atoms with Gasteiger partial charge < -0.3 is 5.32 Å². The fraction of sp³-hybridized carbons (Fsp3) is 0.444. The summed E-state index contributed by atoms with van der Waals surface area (Å²) in [5, 5.41) is 6.09. The molecule has 0 spiro atoms. The molecule has 1 nitrogen and oxygen atoms in total. The van der Waals surface area contributed by atoms with Crippen LogP contribution in [0, 0.1) is 6.92 Å². The fourth-order valence-electron chi connectivity index (χ4n) is 3.23. The summed E-state index contributed by atoms with van der Waals surface area (Å²) in [5.74, 6) is 0. The van der Waals surface area contributed by atoms with Crippen molar-refractivity contribution in [3.05, 3.63) is 57.3 Å². The molecule has 0 amide bonds. The van der Waals surface area contributed by atoms with Crippen LogP contribution < -0.4 is 5.32 Å². The molecule has 0 radical (unpaired) electrons. The molecule has 2 aromatic rings. The van der Waals surface area contributed by atoms with Crippen LogP contribution in [0.25, 0.3) is 0 Å². The minimum Gasteiger partial charge on any atom is -0.307 e. The molecule has 2 atom stereocenters. The number of hydrogen-bond acceptors (Lipinski definition) is 2. The molecular weight excluding hydrogens is 262 g/mol. The largest absolute Gasteiger partial charge is 0.307 e. The van der Waals surface area contributed by atoms with E-state index in [9.17, 15) is 0 Å². The molecule has 1 aliphatic carbocycles. The second-order valence-corrected chi connectivity index (χ2v) is 6.94. The maximum atomic E-state index is 3.84. The first-order chi connectivity index (χ1) is 9.74. The summed E-state index contributed by atoms with van der Waals surface area (Å²) in [5.41, 5.74) is 4.42. The van der Waals surface area contributed by atoms with Gasteiger partial charge in [-0.05, 0) is 67.7 Å². The van der Waals surface area contributed by atoms with Crippen molar-refractivity contribution < 1.29 is 0 Å². The Morgan fingerprint density at radius 1 is 1.30 bits per heavy atom. The van der Waals surface area contributed by atoms with Crippen molar-refractivity contribution in [1.82, 2.24) is 5.32 Å². The van der Waals surface area contributed by atoms with E-state index in [2.05, 4.69) is 54.9 Å². The second kappa shape index (κ2) is 6.11. The molecule has 0 fully saturated rings. The highest BCUT2D eigenvalue weighted by Gasteiger charge is 2.22. The Morgan fingerprint density at radius 2 is 2.15 bits per heavy atom. The maximum absolute atomic E-state index is 3.84. The first kappa shape index (κ1) is 13.8. The van der Waals surface area contributed by atoms with E-state index in [1.165, 1.54) is 30.4 Å². The molecule has 0 bridgehead atoms. The summed E-state index contributed by atoms with van der Waals surface area (Å²) < 4.78 is 0. The normalized spacial score (nSPS) is 19.6. The van der Waals surface area contributed by atoms with Crippen LogP contribution in [0.2, 0.25) is 0 Å². The van der Waals surface area contributed by atoms with Crippen LogP contribution in [0.3, 0.4) is 0 Å². The lowest BCUT2D eigenvalue weighted by Crippen LogP contribution is -2.33. The van der Waals surface area contributed by atoms with Crippen LogP contribution in [0.4, 0.5) is 0 Å². The van der Waals surface area contributed by atoms with E-state index in [-0.39, 0.29) is 0 Å². The van der Waals surface area contributed by atoms with Gasteiger partial charge in [0.1, 0.15) is 0 Å². The Bertz CT molecular complexity index is 572. The van der Waals surface area contributed by atoms with Gasteiger partial charge in [-0.3, -0.25) is 0 Å². The van der Waals surface area contributed by atoms with Crippen molar-refractivity contribution in [2.75, 3.05) is 0 Å². The predicted molar refractivity (Wildman–Crippen MR) is 87.5 cm³/mol. The van der Waals surface area contributed by atoms with E-state index >= 15 is 0 Å². The van der Waals surface area contributed by atoms with Gasteiger partial charge in [0.05, 0.1) is 0 Å². The molecule has 20 heavy (non-hydrogen) atoms. The van der Waals surface area contributed by atoms with Gasteiger partial charge in [0.2, 0.25) is 0 Å². The fourth-order valence-corrected chi connectivity index (χ4v) is 4.22. The Kier molecular flexibility index (Phi) is 4.23. The number of benzene rings is 1. The van der Waals surface area contributed by atoms with Gasteiger partial charge in [-0.15, -0.1) is 11.3 Å². The van der Waals surface area contributed by atoms with E-state index in [1.807, 2.05) is 11.3 Å². The number of aryl methyl sites for hydroxylation is 2. The summed E-state index contributed by atoms with van der Waals surface area (Å²) in [6.45, 7) is 4.52. The third-order valence-corrected chi connectivity index (χ3v) is 5.32. The van der Waals surface area contributed by atoms with Crippen molar-refractivity contribution in [3.8, 4) is 0 Å². The smallest absolute Gasteiger partial charge is 0.0333 e. The van der Waals surface area contributed by atoms with Crippen molar-refractivity contribution >= 4 is 11.3 Å². The van der Waals surface area contributed by atoms with Gasteiger partial charge in [0.25, 0.3) is 0 Å². The Balaban J connectivity index is 1.66. The molecule has 1 aromatic carbocycles. The van der Waals surface area contributed by atoms with Gasteiger partial charge in [-0.2, -0.15) is 0 Å². The summed E-state index contributed by atoms with van der Waals surface area (Å²) in [7, 11) is 0. The number of nitrogens with one attached hydrogen (secondary N) is 1. The standard InChI is InChI=1S/C18H23NS/c1-13-6-3-4-7-15(13)12-14(2)19-17-8-5-9-18-16(17)10-11-20-18/h3-4,6-7,10-11,14,17,19H,5,8-9,12H2,1-2H3. The summed E-state index contributed by atoms with van der Waals surface area (Å²) in [4.78, 5) is 1.59. The topological polar surface area (TPSA) is 12.0 Å². The molecule has 1 aromatic heterocycles. The van der Waals surface area contributed by atoms with Gasteiger partial charge in [-0.25, -0.2) is 0 Å². The molecular formula is C18H23NS. The molecule has 1 N–H and O–H groups in total. The number of thiophene rings is 1. The van der Waals surface area contributed by atoms with E-state index in [1.54, 1.807) is 10.4 Å². The minimum absolute atomic E-state index is 0.520. The average molecular weight is 285 g/mol. The van der Waals surface area contributed by atoms with Crippen molar-refractivity contribution in [2.24, 2.45) is 0 Å². The zero-order chi connectivity index (χ0) is 13.9. The Hall–Kier alpha value is -1.12. The van der Waals surface area contributed by atoms with Crippen LogP contribution in [0.5, 0.6) is 0 Å². The van der Waals surface area contributed by atoms with Crippen LogP contribution >= 0.6 is 11.3 Å². The lowest BCUT2D eigenvalue weighted by atomic mass is 9.92. The van der Waals surface area contributed by atoms with Crippen LogP contribution in [-0.4, -0.2) is 6.04 Å². The lowest BCUT2D eigenvalue weighted by molar-refractivity contribution is 0.409. The molecule has 0 aliphatic heterocycles. The number of hydrogen-bond donors (Lipinski definition) is 1. The average Bonchev–Trinajstić information content (AvgIpc) is 2.91. The number of fused-ring (bicyclic) bond motifs is 1. The predicted octanol–water partition coefficient (Wildman–Crippen LogP) is 4.65. The molecule has 1 heterocycles. The van der Waals surface area contributed by atoms with Crippen LogP contribution in [-0.2, 0) is 12.8 Å². The number of rotatable bonds is 4. The first-order valence-electron chi connectivity index (χ1n) is 7.61. The lowest BCUT2D eigenvalue weighted by Gasteiger charge is -2.27. The maximum Gasteiger partial charge on any atom is 0.0333 e. The second-order valence-electron chi connectivity index (χ2n) is 5.94. The van der Waals surface area contributed by atoms with Gasteiger partial charge >= 0.3 is 0 Å². The monoisotopic (exact) mass is 285 g/mol. The van der Waals surface area contributed by atoms with E-state index < -0.39 is 0 Å².